The van der Waals surface area contributed by atoms with Crippen molar-refractivity contribution in [2.45, 2.75) is 70.4 Å². The molecule has 2 amide bonds. The van der Waals surface area contributed by atoms with E-state index in [0.717, 1.165) is 48.7 Å². The Morgan fingerprint density at radius 2 is 1.90 bits per heavy atom. The maximum atomic E-state index is 13.6. The van der Waals surface area contributed by atoms with Crippen molar-refractivity contribution in [3.05, 3.63) is 40.9 Å². The Labute approximate surface area is 183 Å². The zero-order valence-electron chi connectivity index (χ0n) is 18.0. The van der Waals surface area contributed by atoms with Crippen LogP contribution in [-0.2, 0) is 14.2 Å². The molecule has 2 saturated heterocycles. The van der Waals surface area contributed by atoms with E-state index >= 15 is 0 Å². The van der Waals surface area contributed by atoms with E-state index in [2.05, 4.69) is 0 Å². The highest BCUT2D eigenvalue weighted by molar-refractivity contribution is 6.53. The maximum Gasteiger partial charge on any atom is 0.487 e. The average molecular weight is 423 g/mol. The van der Waals surface area contributed by atoms with Crippen molar-refractivity contribution in [2.75, 3.05) is 0 Å². The summed E-state index contributed by atoms with van der Waals surface area (Å²) in [6.45, 7) is 2.04. The number of rotatable bonds is 3. The SMILES string of the molecule is CCC1=C2B(O)O[C@H](c3cccc(O)c3)C[C@H]2[C@H]2C(=O)N(C3CCCCC3)C(=O)[C@H]2C1. The molecule has 5 rings (SSSR count). The lowest BCUT2D eigenvalue weighted by atomic mass is 9.55. The molecule has 1 saturated carbocycles. The van der Waals surface area contributed by atoms with Crippen LogP contribution in [0.15, 0.2) is 35.3 Å². The lowest BCUT2D eigenvalue weighted by molar-refractivity contribution is -0.143. The number of phenolic OH excluding ortho intramolecular Hbond substituents is 1. The predicted molar refractivity (Wildman–Crippen MR) is 116 cm³/mol. The van der Waals surface area contributed by atoms with Crippen LogP contribution in [0.4, 0.5) is 0 Å². The molecule has 2 N–H and O–H groups in total. The highest BCUT2D eigenvalue weighted by Crippen LogP contribution is 2.52. The minimum Gasteiger partial charge on any atom is -0.508 e. The number of amides is 2. The van der Waals surface area contributed by atoms with E-state index in [1.54, 1.807) is 23.1 Å². The van der Waals surface area contributed by atoms with Crippen LogP contribution in [0.2, 0.25) is 0 Å². The topological polar surface area (TPSA) is 87.1 Å². The van der Waals surface area contributed by atoms with Gasteiger partial charge in [0.1, 0.15) is 5.75 Å². The highest BCUT2D eigenvalue weighted by atomic mass is 16.5. The zero-order valence-corrected chi connectivity index (χ0v) is 18.0. The van der Waals surface area contributed by atoms with Gasteiger partial charge in [0.15, 0.2) is 0 Å². The Bertz CT molecular complexity index is 924. The van der Waals surface area contributed by atoms with Gasteiger partial charge in [0.05, 0.1) is 17.9 Å². The van der Waals surface area contributed by atoms with E-state index in [1.807, 2.05) is 13.0 Å². The molecule has 7 heteroatoms. The third-order valence-corrected chi connectivity index (χ3v) is 7.85. The monoisotopic (exact) mass is 423 g/mol. The van der Waals surface area contributed by atoms with Crippen molar-refractivity contribution in [3.63, 3.8) is 0 Å². The lowest BCUT2D eigenvalue weighted by Gasteiger charge is -2.42. The number of hydrogen-bond acceptors (Lipinski definition) is 5. The van der Waals surface area contributed by atoms with Gasteiger partial charge in [0.2, 0.25) is 11.8 Å². The van der Waals surface area contributed by atoms with Gasteiger partial charge in [-0.3, -0.25) is 14.5 Å². The van der Waals surface area contributed by atoms with Crippen molar-refractivity contribution in [1.29, 1.82) is 0 Å². The molecule has 0 radical (unpaired) electrons. The standard InChI is InChI=1S/C24H30BNO5/c1-2-14-12-19-21(24(29)26(23(19)28)16-8-4-3-5-9-16)18-13-20(31-25(30)22(14)18)15-7-6-10-17(27)11-15/h6-7,10-11,16,18-21,27,30H,2-5,8-9,12-13H2,1H3/t18-,19-,20-,21+/m0/s1. The van der Waals surface area contributed by atoms with E-state index in [1.165, 1.54) is 6.42 Å². The number of carbonyl (C=O) groups excluding carboxylic acids is 2. The minimum absolute atomic E-state index is 0.0122. The van der Waals surface area contributed by atoms with Crippen LogP contribution in [0.25, 0.3) is 0 Å². The Morgan fingerprint density at radius 1 is 1.13 bits per heavy atom. The molecule has 2 heterocycles. The van der Waals surface area contributed by atoms with Gasteiger partial charge in [-0.1, -0.05) is 43.9 Å². The molecule has 1 aromatic carbocycles. The smallest absolute Gasteiger partial charge is 0.487 e. The van der Waals surface area contributed by atoms with Crippen LogP contribution in [-0.4, -0.2) is 40.0 Å². The molecule has 6 nitrogen and oxygen atoms in total. The van der Waals surface area contributed by atoms with Gasteiger partial charge in [0, 0.05) is 6.04 Å². The number of carbonyl (C=O) groups is 2. The molecule has 0 spiro atoms. The number of likely N-dealkylation sites (tertiary alicyclic amines) is 1. The number of benzene rings is 1. The molecular weight excluding hydrogens is 393 g/mol. The van der Waals surface area contributed by atoms with Crippen LogP contribution in [0.1, 0.15) is 70.0 Å². The van der Waals surface area contributed by atoms with E-state index in [0.29, 0.717) is 12.8 Å². The Kier molecular flexibility index (Phi) is 5.43. The van der Waals surface area contributed by atoms with Crippen LogP contribution in [0.3, 0.4) is 0 Å². The second-order valence-electron chi connectivity index (χ2n) is 9.50. The van der Waals surface area contributed by atoms with Gasteiger partial charge < -0.3 is 14.8 Å². The van der Waals surface area contributed by atoms with Gasteiger partial charge in [-0.05, 0) is 61.2 Å². The number of aromatic hydroxyl groups is 1. The summed E-state index contributed by atoms with van der Waals surface area (Å²) >= 11 is 0. The lowest BCUT2D eigenvalue weighted by Crippen LogP contribution is -2.45. The van der Waals surface area contributed by atoms with E-state index in [9.17, 15) is 19.7 Å². The number of phenols is 1. The fourth-order valence-corrected chi connectivity index (χ4v) is 6.41. The predicted octanol–water partition coefficient (Wildman–Crippen LogP) is 3.53. The quantitative estimate of drug-likeness (QED) is 0.574. The molecule has 1 aromatic rings. The molecule has 164 valence electrons. The first kappa shape index (κ1) is 20.8. The molecule has 4 aliphatic rings. The normalized spacial score (nSPS) is 31.8. The van der Waals surface area contributed by atoms with Crippen molar-refractivity contribution in [3.8, 4) is 5.75 Å². The van der Waals surface area contributed by atoms with Gasteiger partial charge >= 0.3 is 7.12 Å². The third-order valence-electron chi connectivity index (χ3n) is 7.85. The summed E-state index contributed by atoms with van der Waals surface area (Å²) in [5.74, 6) is -0.880. The summed E-state index contributed by atoms with van der Waals surface area (Å²) in [6, 6.07) is 6.88. The maximum absolute atomic E-state index is 13.6. The van der Waals surface area contributed by atoms with E-state index in [-0.39, 0.29) is 35.4 Å². The summed E-state index contributed by atoms with van der Waals surface area (Å²) in [5, 5.41) is 20.8. The van der Waals surface area contributed by atoms with Gasteiger partial charge in [-0.25, -0.2) is 0 Å². The average Bonchev–Trinajstić information content (AvgIpc) is 3.03. The molecule has 3 fully saturated rings. The number of allylic oxidation sites excluding steroid dienone is 2. The highest BCUT2D eigenvalue weighted by Gasteiger charge is 2.58. The number of fused-ring (bicyclic) bond motifs is 3. The van der Waals surface area contributed by atoms with Gasteiger partial charge in [-0.2, -0.15) is 0 Å². The van der Waals surface area contributed by atoms with Crippen molar-refractivity contribution < 1.29 is 24.4 Å². The summed E-state index contributed by atoms with van der Waals surface area (Å²) in [4.78, 5) is 28.6. The fraction of sp³-hybridized carbons (Fsp3) is 0.583. The molecule has 2 aliphatic carbocycles. The number of hydrogen-bond donors (Lipinski definition) is 2. The molecule has 0 aromatic heterocycles. The second kappa shape index (κ2) is 8.10. The van der Waals surface area contributed by atoms with E-state index < -0.39 is 19.1 Å². The molecule has 2 aliphatic heterocycles. The fourth-order valence-electron chi connectivity index (χ4n) is 6.41. The molecule has 4 atom stereocenters. The molecule has 0 bridgehead atoms. The third kappa shape index (κ3) is 3.42. The van der Waals surface area contributed by atoms with Crippen LogP contribution < -0.4 is 0 Å². The molecule has 0 unspecified atom stereocenters. The summed E-state index contributed by atoms with van der Waals surface area (Å²) < 4.78 is 5.96. The van der Waals surface area contributed by atoms with Crippen molar-refractivity contribution >= 4 is 18.9 Å². The summed E-state index contributed by atoms with van der Waals surface area (Å²) in [7, 11) is -1.09. The minimum atomic E-state index is -1.09. The number of nitrogens with zero attached hydrogens (tertiary/aromatic N) is 1. The Hall–Kier alpha value is -2.12. The first-order valence-corrected chi connectivity index (χ1v) is 11.7. The molecule has 31 heavy (non-hydrogen) atoms. The summed E-state index contributed by atoms with van der Waals surface area (Å²) in [6.07, 6.45) is 6.47. The Morgan fingerprint density at radius 3 is 2.61 bits per heavy atom. The van der Waals surface area contributed by atoms with E-state index in [4.69, 9.17) is 4.65 Å². The molecular formula is C24H30BNO5. The zero-order chi connectivity index (χ0) is 21.7. The first-order valence-electron chi connectivity index (χ1n) is 11.7. The van der Waals surface area contributed by atoms with Crippen LogP contribution in [0, 0.1) is 17.8 Å². The van der Waals surface area contributed by atoms with Crippen LogP contribution >= 0.6 is 0 Å². The van der Waals surface area contributed by atoms with Gasteiger partial charge in [-0.15, -0.1) is 0 Å². The van der Waals surface area contributed by atoms with Crippen LogP contribution in [0.5, 0.6) is 5.75 Å². The second-order valence-corrected chi connectivity index (χ2v) is 9.50. The Balaban J connectivity index is 1.50. The van der Waals surface area contributed by atoms with Gasteiger partial charge in [0.25, 0.3) is 0 Å². The first-order chi connectivity index (χ1) is 15.0. The largest absolute Gasteiger partial charge is 0.508 e. The van der Waals surface area contributed by atoms with Crippen molar-refractivity contribution in [2.24, 2.45) is 17.8 Å². The van der Waals surface area contributed by atoms with Crippen molar-refractivity contribution in [1.82, 2.24) is 4.90 Å². The number of imide groups is 1. The summed E-state index contributed by atoms with van der Waals surface area (Å²) in [5.41, 5.74) is 2.64.